The predicted molar refractivity (Wildman–Crippen MR) is 27.3 cm³/mol. The summed E-state index contributed by atoms with van der Waals surface area (Å²) in [5.41, 5.74) is 4.63. The van der Waals surface area contributed by atoms with Gasteiger partial charge in [-0.05, 0) is 5.41 Å². The van der Waals surface area contributed by atoms with Gasteiger partial charge in [0.2, 0.25) is 5.91 Å². The molecule has 0 aliphatic heterocycles. The first kappa shape index (κ1) is 5.56. The molecule has 0 aromatic carbocycles. The molecule has 2 N–H and O–H groups in total. The van der Waals surface area contributed by atoms with Crippen LogP contribution in [0.15, 0.2) is 11.5 Å². The lowest BCUT2D eigenvalue weighted by atomic mass is 10.6. The molecule has 0 spiro atoms. The summed E-state index contributed by atoms with van der Waals surface area (Å²) in [5.74, 6) is -0.468. The molecule has 2 nitrogen and oxygen atoms in total. The smallest absolute Gasteiger partial charge is 0.241 e. The molecule has 6 heavy (non-hydrogen) atoms. The van der Waals surface area contributed by atoms with Crippen LogP contribution >= 0.6 is 12.6 Å². The van der Waals surface area contributed by atoms with Crippen molar-refractivity contribution in [3.8, 4) is 0 Å². The molecule has 0 rings (SSSR count). The summed E-state index contributed by atoms with van der Waals surface area (Å²) in [4.78, 5) is 9.69. The minimum absolute atomic E-state index is 0.468. The van der Waals surface area contributed by atoms with Gasteiger partial charge in [-0.25, -0.2) is 0 Å². The van der Waals surface area contributed by atoms with E-state index in [4.69, 9.17) is 0 Å². The van der Waals surface area contributed by atoms with Crippen LogP contribution < -0.4 is 5.73 Å². The Morgan fingerprint density at radius 3 is 2.33 bits per heavy atom. The molecule has 0 saturated heterocycles. The molecular weight excluding hydrogens is 98.1 g/mol. The van der Waals surface area contributed by atoms with Crippen molar-refractivity contribution in [3.05, 3.63) is 11.5 Å². The molecule has 1 amide bonds. The third-order valence-corrected chi connectivity index (χ3v) is 0.388. The van der Waals surface area contributed by atoms with Gasteiger partial charge in [-0.2, -0.15) is 12.6 Å². The van der Waals surface area contributed by atoms with Crippen molar-refractivity contribution in [1.29, 1.82) is 0 Å². The van der Waals surface area contributed by atoms with E-state index in [1.165, 1.54) is 11.5 Å². The Balaban J connectivity index is 3.30. The van der Waals surface area contributed by atoms with E-state index in [1.54, 1.807) is 0 Å². The summed E-state index contributed by atoms with van der Waals surface area (Å²) >= 11 is 3.58. The Kier molecular flexibility index (Phi) is 2.58. The van der Waals surface area contributed by atoms with E-state index in [0.717, 1.165) is 0 Å². The lowest BCUT2D eigenvalue weighted by Gasteiger charge is -1.69. The topological polar surface area (TPSA) is 43.1 Å². The van der Waals surface area contributed by atoms with E-state index in [-0.39, 0.29) is 0 Å². The molecule has 0 fully saturated rings. The number of hydrogen-bond acceptors (Lipinski definition) is 2. The lowest BCUT2D eigenvalue weighted by Crippen LogP contribution is -2.04. The van der Waals surface area contributed by atoms with Gasteiger partial charge >= 0.3 is 0 Å². The highest BCUT2D eigenvalue weighted by atomic mass is 32.1. The zero-order valence-electron chi connectivity index (χ0n) is 3.09. The lowest BCUT2D eigenvalue weighted by molar-refractivity contribution is -0.113. The van der Waals surface area contributed by atoms with Gasteiger partial charge in [0.05, 0.1) is 0 Å². The minimum Gasteiger partial charge on any atom is -0.366 e. The van der Waals surface area contributed by atoms with E-state index >= 15 is 0 Å². The molecule has 0 aromatic heterocycles. The minimum atomic E-state index is -0.468. The number of primary amides is 1. The number of hydrogen-bond donors (Lipinski definition) is 2. The second kappa shape index (κ2) is 2.78. The molecular formula is C3H5NOS. The van der Waals surface area contributed by atoms with Crippen LogP contribution in [-0.2, 0) is 4.79 Å². The molecule has 0 aliphatic carbocycles. The van der Waals surface area contributed by atoms with Crippen molar-refractivity contribution < 1.29 is 4.79 Å². The molecule has 0 bridgehead atoms. The van der Waals surface area contributed by atoms with Crippen LogP contribution in [0.25, 0.3) is 0 Å². The van der Waals surface area contributed by atoms with E-state index in [2.05, 4.69) is 18.4 Å². The molecule has 0 aliphatic rings. The molecule has 34 valence electrons. The standard InChI is InChI=1S/C3H5NOS/c4-3(5)1-2-6/h1-2,6H,(H2,4,5). The fourth-order valence-corrected chi connectivity index (χ4v) is 0.220. The maximum absolute atomic E-state index is 9.69. The zero-order valence-corrected chi connectivity index (χ0v) is 3.98. The highest BCUT2D eigenvalue weighted by Gasteiger charge is 1.73. The van der Waals surface area contributed by atoms with Crippen molar-refractivity contribution >= 4 is 18.5 Å². The van der Waals surface area contributed by atoms with Gasteiger partial charge in [0.1, 0.15) is 0 Å². The normalized spacial score (nSPS) is 9.50. The van der Waals surface area contributed by atoms with Gasteiger partial charge in [-0.15, -0.1) is 0 Å². The molecule has 0 atom stereocenters. The first-order chi connectivity index (χ1) is 2.77. The molecule has 0 heterocycles. The van der Waals surface area contributed by atoms with E-state index in [0.29, 0.717) is 0 Å². The van der Waals surface area contributed by atoms with Gasteiger partial charge in [-0.3, -0.25) is 4.79 Å². The number of thiol groups is 1. The highest BCUT2D eigenvalue weighted by Crippen LogP contribution is 1.71. The molecule has 0 radical (unpaired) electrons. The van der Waals surface area contributed by atoms with Gasteiger partial charge in [0.25, 0.3) is 0 Å². The maximum atomic E-state index is 9.69. The summed E-state index contributed by atoms with van der Waals surface area (Å²) in [5, 5.41) is 1.29. The Morgan fingerprint density at radius 1 is 1.83 bits per heavy atom. The third kappa shape index (κ3) is 3.56. The maximum Gasteiger partial charge on any atom is 0.241 e. The van der Waals surface area contributed by atoms with Crippen molar-refractivity contribution in [2.75, 3.05) is 0 Å². The summed E-state index contributed by atoms with van der Waals surface area (Å²) in [6.07, 6.45) is 1.17. The summed E-state index contributed by atoms with van der Waals surface area (Å²) in [6, 6.07) is 0. The van der Waals surface area contributed by atoms with Crippen LogP contribution in [0.1, 0.15) is 0 Å². The average molecular weight is 103 g/mol. The molecule has 3 heteroatoms. The van der Waals surface area contributed by atoms with E-state index < -0.39 is 5.91 Å². The Bertz CT molecular complexity index is 78.9. The fourth-order valence-electron chi connectivity index (χ4n) is 0.0735. The molecule has 0 aromatic rings. The monoisotopic (exact) mass is 103 g/mol. The van der Waals surface area contributed by atoms with Crippen molar-refractivity contribution in [1.82, 2.24) is 0 Å². The Hall–Kier alpha value is -0.440. The van der Waals surface area contributed by atoms with Crippen LogP contribution in [-0.4, -0.2) is 5.91 Å². The summed E-state index contributed by atoms with van der Waals surface area (Å²) in [6.45, 7) is 0. The number of carbonyl (C=O) groups excluding carboxylic acids is 1. The second-order valence-corrected chi connectivity index (χ2v) is 1.02. The second-order valence-electron chi connectivity index (χ2n) is 0.718. The first-order valence-electron chi connectivity index (χ1n) is 1.37. The fraction of sp³-hybridized carbons (Fsp3) is 0. The number of amides is 1. The number of nitrogens with two attached hydrogens (primary N) is 1. The van der Waals surface area contributed by atoms with Crippen LogP contribution in [0.5, 0.6) is 0 Å². The quantitative estimate of drug-likeness (QED) is 0.353. The predicted octanol–water partition coefficient (Wildman–Crippen LogP) is -0.0848. The van der Waals surface area contributed by atoms with Crippen molar-refractivity contribution in [2.24, 2.45) is 5.73 Å². The van der Waals surface area contributed by atoms with Crippen molar-refractivity contribution in [3.63, 3.8) is 0 Å². The first-order valence-corrected chi connectivity index (χ1v) is 1.89. The van der Waals surface area contributed by atoms with Crippen LogP contribution in [0, 0.1) is 0 Å². The van der Waals surface area contributed by atoms with Gasteiger partial charge in [0.15, 0.2) is 0 Å². The van der Waals surface area contributed by atoms with E-state index in [9.17, 15) is 4.79 Å². The van der Waals surface area contributed by atoms with Crippen LogP contribution in [0.3, 0.4) is 0 Å². The molecule has 0 unspecified atom stereocenters. The number of rotatable bonds is 1. The average Bonchev–Trinajstić information content (AvgIpc) is 1.35. The van der Waals surface area contributed by atoms with Crippen LogP contribution in [0.2, 0.25) is 0 Å². The number of carbonyl (C=O) groups is 1. The summed E-state index contributed by atoms with van der Waals surface area (Å²) < 4.78 is 0. The zero-order chi connectivity index (χ0) is 4.99. The van der Waals surface area contributed by atoms with Crippen LogP contribution in [0.4, 0.5) is 0 Å². The van der Waals surface area contributed by atoms with Gasteiger partial charge < -0.3 is 5.73 Å². The Labute approximate surface area is 41.4 Å². The Morgan fingerprint density at radius 2 is 2.33 bits per heavy atom. The third-order valence-electron chi connectivity index (χ3n) is 0.239. The largest absolute Gasteiger partial charge is 0.366 e. The summed E-state index contributed by atoms with van der Waals surface area (Å²) in [7, 11) is 0. The van der Waals surface area contributed by atoms with E-state index in [1.807, 2.05) is 0 Å². The highest BCUT2D eigenvalue weighted by molar-refractivity contribution is 7.83. The molecule has 0 saturated carbocycles. The van der Waals surface area contributed by atoms with Gasteiger partial charge in [-0.1, -0.05) is 0 Å². The van der Waals surface area contributed by atoms with Crippen molar-refractivity contribution in [2.45, 2.75) is 0 Å². The van der Waals surface area contributed by atoms with Gasteiger partial charge in [0, 0.05) is 6.08 Å². The SMILES string of the molecule is NC(=O)C=CS.